The number of ether oxygens (including phenoxy) is 2. The van der Waals surface area contributed by atoms with E-state index in [1.165, 1.54) is 37.5 Å². The van der Waals surface area contributed by atoms with Gasteiger partial charge in [-0.15, -0.1) is 0 Å². The number of hydrogen-bond acceptors (Lipinski definition) is 6. The van der Waals surface area contributed by atoms with Crippen molar-refractivity contribution in [3.8, 4) is 5.75 Å². The Labute approximate surface area is 186 Å². The number of methoxy groups -OCH3 is 1. The lowest BCUT2D eigenvalue weighted by molar-refractivity contribution is 0.0474. The number of anilines is 1. The van der Waals surface area contributed by atoms with Crippen molar-refractivity contribution in [2.45, 2.75) is 0 Å². The van der Waals surface area contributed by atoms with Crippen molar-refractivity contribution in [3.05, 3.63) is 101 Å². The Morgan fingerprint density at radius 2 is 1.56 bits per heavy atom. The summed E-state index contributed by atoms with van der Waals surface area (Å²) in [6.07, 6.45) is 1.48. The minimum atomic E-state index is -3.73. The van der Waals surface area contributed by atoms with E-state index in [9.17, 15) is 18.0 Å². The van der Waals surface area contributed by atoms with Crippen molar-refractivity contribution in [1.82, 2.24) is 0 Å². The molecule has 3 aromatic rings. The van der Waals surface area contributed by atoms with Gasteiger partial charge in [-0.25, -0.2) is 13.2 Å². The van der Waals surface area contributed by atoms with E-state index in [1.807, 2.05) is 6.07 Å². The van der Waals surface area contributed by atoms with E-state index in [-0.39, 0.29) is 11.3 Å². The van der Waals surface area contributed by atoms with E-state index in [0.29, 0.717) is 11.3 Å². The Bertz CT molecular complexity index is 1220. The van der Waals surface area contributed by atoms with E-state index in [0.717, 1.165) is 11.0 Å². The molecule has 0 aromatic heterocycles. The second kappa shape index (κ2) is 10.4. The van der Waals surface area contributed by atoms with Crippen molar-refractivity contribution < 1.29 is 27.5 Å². The van der Waals surface area contributed by atoms with Gasteiger partial charge < -0.3 is 9.47 Å². The van der Waals surface area contributed by atoms with E-state index < -0.39 is 28.4 Å². The number of para-hydroxylation sites is 1. The fourth-order valence-electron chi connectivity index (χ4n) is 2.77. The Morgan fingerprint density at radius 3 is 2.25 bits per heavy atom. The molecule has 0 aliphatic rings. The van der Waals surface area contributed by atoms with Crippen LogP contribution in [0.3, 0.4) is 0 Å². The highest BCUT2D eigenvalue weighted by Crippen LogP contribution is 2.18. The lowest BCUT2D eigenvalue weighted by atomic mass is 10.1. The van der Waals surface area contributed by atoms with E-state index in [1.54, 1.807) is 48.5 Å². The zero-order valence-electron chi connectivity index (χ0n) is 17.2. The minimum Gasteiger partial charge on any atom is -0.496 e. The van der Waals surface area contributed by atoms with Gasteiger partial charge >= 0.3 is 5.97 Å². The minimum absolute atomic E-state index is 0.181. The summed E-state index contributed by atoms with van der Waals surface area (Å²) in [5.74, 6) is -0.705. The zero-order valence-corrected chi connectivity index (χ0v) is 18.0. The molecule has 0 aliphatic heterocycles. The number of carbonyl (C=O) groups excluding carboxylic acids is 2. The third-order valence-electron chi connectivity index (χ3n) is 4.36. The third kappa shape index (κ3) is 6.29. The molecule has 0 unspecified atom stereocenters. The molecule has 1 N–H and O–H groups in total. The van der Waals surface area contributed by atoms with Crippen LogP contribution in [0.25, 0.3) is 6.08 Å². The average Bonchev–Trinajstić information content (AvgIpc) is 2.82. The predicted octanol–water partition coefficient (Wildman–Crippen LogP) is 4.15. The second-order valence-electron chi connectivity index (χ2n) is 6.64. The van der Waals surface area contributed by atoms with E-state index >= 15 is 0 Å². The smallest absolute Gasteiger partial charge is 0.338 e. The number of hydrogen-bond donors (Lipinski definition) is 1. The molecule has 0 heterocycles. The van der Waals surface area contributed by atoms with Crippen LogP contribution in [0.2, 0.25) is 0 Å². The molecule has 0 amide bonds. The third-order valence-corrected chi connectivity index (χ3v) is 5.38. The summed E-state index contributed by atoms with van der Waals surface area (Å²) in [5.41, 5.74) is 1.53. The van der Waals surface area contributed by atoms with Crippen molar-refractivity contribution >= 4 is 33.5 Å². The molecule has 0 aliphatic carbocycles. The van der Waals surface area contributed by atoms with Gasteiger partial charge in [0.2, 0.25) is 5.78 Å². The molecule has 0 spiro atoms. The number of benzene rings is 3. The van der Waals surface area contributed by atoms with Gasteiger partial charge in [0.05, 0.1) is 23.6 Å². The first-order chi connectivity index (χ1) is 15.4. The number of ketones is 1. The predicted molar refractivity (Wildman–Crippen MR) is 122 cm³/mol. The van der Waals surface area contributed by atoms with Gasteiger partial charge in [-0.2, -0.15) is 0 Å². The Hall–Kier alpha value is -3.91. The van der Waals surface area contributed by atoms with Crippen LogP contribution in [0.1, 0.15) is 26.3 Å². The van der Waals surface area contributed by atoms with Gasteiger partial charge in [0.15, 0.2) is 6.61 Å². The first-order valence-corrected chi connectivity index (χ1v) is 11.1. The molecular weight excluding hydrogens is 430 g/mol. The molecule has 3 aromatic carbocycles. The number of sulfonamides is 1. The van der Waals surface area contributed by atoms with Crippen molar-refractivity contribution in [2.75, 3.05) is 18.4 Å². The number of nitrogens with one attached hydrogen (secondary N) is 1. The number of rotatable bonds is 9. The van der Waals surface area contributed by atoms with Crippen molar-refractivity contribution in [1.29, 1.82) is 0 Å². The van der Waals surface area contributed by atoms with Crippen LogP contribution in [0, 0.1) is 0 Å². The number of esters is 1. The monoisotopic (exact) mass is 451 g/mol. The lowest BCUT2D eigenvalue weighted by Gasteiger charge is -2.09. The van der Waals surface area contributed by atoms with Crippen LogP contribution in [0.5, 0.6) is 5.75 Å². The fraction of sp³-hybridized carbons (Fsp3) is 0.0833. The molecule has 164 valence electrons. The molecule has 0 radical (unpaired) electrons. The Morgan fingerprint density at radius 1 is 0.906 bits per heavy atom. The molecule has 0 saturated heterocycles. The summed E-state index contributed by atoms with van der Waals surface area (Å²) in [7, 11) is -2.28. The highest BCUT2D eigenvalue weighted by molar-refractivity contribution is 7.95. The normalized spacial score (nSPS) is 11.2. The summed E-state index contributed by atoms with van der Waals surface area (Å²) < 4.78 is 37.1. The zero-order chi connectivity index (χ0) is 23.0. The molecule has 0 saturated carbocycles. The summed E-state index contributed by atoms with van der Waals surface area (Å²) in [5, 5.41) is 1.06. The van der Waals surface area contributed by atoms with Gasteiger partial charge in [-0.3, -0.25) is 9.52 Å². The van der Waals surface area contributed by atoms with Crippen molar-refractivity contribution in [2.24, 2.45) is 0 Å². The van der Waals surface area contributed by atoms with Gasteiger partial charge in [-0.05, 0) is 48.0 Å². The fourth-order valence-corrected chi connectivity index (χ4v) is 3.64. The molecule has 32 heavy (non-hydrogen) atoms. The summed E-state index contributed by atoms with van der Waals surface area (Å²) in [6.45, 7) is -0.447. The second-order valence-corrected chi connectivity index (χ2v) is 8.20. The van der Waals surface area contributed by atoms with Gasteiger partial charge in [-0.1, -0.05) is 42.5 Å². The Balaban J connectivity index is 1.58. The SMILES string of the molecule is COc1ccccc1C(=O)COC(=O)c1ccc(NS(=O)(=O)C=Cc2ccccc2)cc1. The van der Waals surface area contributed by atoms with Crippen LogP contribution in [0.4, 0.5) is 5.69 Å². The van der Waals surface area contributed by atoms with Gasteiger partial charge in [0.25, 0.3) is 10.0 Å². The van der Waals surface area contributed by atoms with Crippen molar-refractivity contribution in [3.63, 3.8) is 0 Å². The molecule has 0 atom stereocenters. The maximum Gasteiger partial charge on any atom is 0.338 e. The van der Waals surface area contributed by atoms with Crippen LogP contribution in [-0.4, -0.2) is 33.9 Å². The quantitative estimate of drug-likeness (QED) is 0.388. The summed E-state index contributed by atoms with van der Waals surface area (Å²) in [4.78, 5) is 24.5. The summed E-state index contributed by atoms with van der Waals surface area (Å²) >= 11 is 0. The highest BCUT2D eigenvalue weighted by Gasteiger charge is 2.15. The van der Waals surface area contributed by atoms with Crippen LogP contribution in [-0.2, 0) is 14.8 Å². The number of Topliss-reactive ketones (excluding diaryl/α,β-unsaturated/α-hetero) is 1. The lowest BCUT2D eigenvalue weighted by Crippen LogP contribution is -2.15. The Kier molecular flexibility index (Phi) is 7.41. The molecule has 8 heteroatoms. The van der Waals surface area contributed by atoms with Gasteiger partial charge in [0.1, 0.15) is 5.75 Å². The molecular formula is C24H21NO6S. The maximum atomic E-state index is 12.3. The van der Waals surface area contributed by atoms with Crippen LogP contribution in [0.15, 0.2) is 84.3 Å². The van der Waals surface area contributed by atoms with Crippen LogP contribution >= 0.6 is 0 Å². The van der Waals surface area contributed by atoms with E-state index in [2.05, 4.69) is 4.72 Å². The first-order valence-electron chi connectivity index (χ1n) is 9.57. The first kappa shape index (κ1) is 22.8. The van der Waals surface area contributed by atoms with E-state index in [4.69, 9.17) is 9.47 Å². The molecule has 7 nitrogen and oxygen atoms in total. The molecule has 0 fully saturated rings. The van der Waals surface area contributed by atoms with Gasteiger partial charge in [0, 0.05) is 5.69 Å². The number of carbonyl (C=O) groups is 2. The maximum absolute atomic E-state index is 12.3. The topological polar surface area (TPSA) is 98.8 Å². The largest absolute Gasteiger partial charge is 0.496 e. The summed E-state index contributed by atoms with van der Waals surface area (Å²) in [6, 6.07) is 21.4. The molecule has 3 rings (SSSR count). The average molecular weight is 452 g/mol. The molecule has 0 bridgehead atoms. The van der Waals surface area contributed by atoms with Crippen LogP contribution < -0.4 is 9.46 Å². The highest BCUT2D eigenvalue weighted by atomic mass is 32.2. The standard InChI is InChI=1S/C24H21NO6S/c1-30-23-10-6-5-9-21(23)22(26)17-31-24(27)19-11-13-20(14-12-19)25-32(28,29)16-15-18-7-3-2-4-8-18/h2-16,25H,17H2,1H3.